The third-order valence-corrected chi connectivity index (χ3v) is 2.27. The number of para-hydroxylation sites is 1. The quantitative estimate of drug-likeness (QED) is 0.844. The second kappa shape index (κ2) is 4.97. The van der Waals surface area contributed by atoms with E-state index in [1.54, 1.807) is 24.3 Å². The number of methoxy groups -OCH3 is 1. The summed E-state index contributed by atoms with van der Waals surface area (Å²) in [6, 6.07) is 6.70. The van der Waals surface area contributed by atoms with Crippen LogP contribution in [0.25, 0.3) is 0 Å². The number of benzene rings is 1. The van der Waals surface area contributed by atoms with E-state index in [2.05, 4.69) is 9.97 Å². The van der Waals surface area contributed by atoms with Gasteiger partial charge < -0.3 is 9.47 Å². The molecule has 2 aromatic rings. The first kappa shape index (κ1) is 11.6. The Hall–Kier alpha value is -1.88. The molecule has 0 fully saturated rings. The third-order valence-electron chi connectivity index (χ3n) is 1.96. The highest BCUT2D eigenvalue weighted by Crippen LogP contribution is 2.30. The number of ether oxygens (including phenoxy) is 2. The van der Waals surface area contributed by atoms with Gasteiger partial charge in [-0.15, -0.1) is 0 Å². The molecule has 88 valence electrons. The lowest BCUT2D eigenvalue weighted by Crippen LogP contribution is -1.98. The van der Waals surface area contributed by atoms with E-state index >= 15 is 0 Å². The van der Waals surface area contributed by atoms with Crippen LogP contribution in [0.2, 0.25) is 5.02 Å². The van der Waals surface area contributed by atoms with Crippen LogP contribution in [0.3, 0.4) is 0 Å². The molecule has 0 amide bonds. The lowest BCUT2D eigenvalue weighted by molar-refractivity contribution is 0.345. The summed E-state index contributed by atoms with van der Waals surface area (Å²) in [4.78, 5) is 7.28. The fourth-order valence-corrected chi connectivity index (χ4v) is 1.36. The van der Waals surface area contributed by atoms with E-state index in [9.17, 15) is 4.39 Å². The smallest absolute Gasteiger partial charge is 0.263 e. The molecule has 0 saturated carbocycles. The molecule has 4 nitrogen and oxygen atoms in total. The van der Waals surface area contributed by atoms with Crippen LogP contribution in [0, 0.1) is 5.82 Å². The first-order valence-corrected chi connectivity index (χ1v) is 5.07. The summed E-state index contributed by atoms with van der Waals surface area (Å²) in [6.45, 7) is 0. The van der Waals surface area contributed by atoms with Crippen LogP contribution < -0.4 is 9.47 Å². The molecule has 1 aromatic heterocycles. The maximum Gasteiger partial charge on any atom is 0.263 e. The Morgan fingerprint density at radius 2 is 1.88 bits per heavy atom. The van der Waals surface area contributed by atoms with E-state index in [-0.39, 0.29) is 11.8 Å². The molecule has 0 N–H and O–H groups in total. The van der Waals surface area contributed by atoms with Gasteiger partial charge in [0.2, 0.25) is 5.82 Å². The van der Waals surface area contributed by atoms with E-state index in [1.165, 1.54) is 7.11 Å². The minimum atomic E-state index is -0.769. The highest BCUT2D eigenvalue weighted by Gasteiger charge is 2.14. The van der Waals surface area contributed by atoms with Crippen molar-refractivity contribution in [2.75, 3.05) is 7.11 Å². The molecule has 0 radical (unpaired) electrons. The summed E-state index contributed by atoms with van der Waals surface area (Å²) in [5.74, 6) is -0.865. The fraction of sp³-hybridized carbons (Fsp3) is 0.0909. The van der Waals surface area contributed by atoms with Crippen LogP contribution in [0.5, 0.6) is 17.5 Å². The first-order valence-electron chi connectivity index (χ1n) is 4.69. The number of halogens is 2. The molecule has 6 heteroatoms. The number of hydrogen-bond donors (Lipinski definition) is 0. The maximum atomic E-state index is 13.7. The van der Waals surface area contributed by atoms with Crippen molar-refractivity contribution in [3.8, 4) is 17.5 Å². The van der Waals surface area contributed by atoms with Crippen LogP contribution in [0.1, 0.15) is 0 Å². The zero-order valence-electron chi connectivity index (χ0n) is 8.85. The van der Waals surface area contributed by atoms with Crippen molar-refractivity contribution in [1.29, 1.82) is 0 Å². The number of hydrogen-bond acceptors (Lipinski definition) is 4. The molecule has 0 unspecified atom stereocenters. The summed E-state index contributed by atoms with van der Waals surface area (Å²) in [6.07, 6.45) is 1.15. The maximum absolute atomic E-state index is 13.7. The topological polar surface area (TPSA) is 44.2 Å². The van der Waals surface area contributed by atoms with Crippen molar-refractivity contribution < 1.29 is 13.9 Å². The molecular formula is C11H8ClFN2O2. The van der Waals surface area contributed by atoms with E-state index in [1.807, 2.05) is 0 Å². The molecule has 1 heterocycles. The molecule has 0 saturated heterocycles. The Labute approximate surface area is 102 Å². The summed E-state index contributed by atoms with van der Waals surface area (Å²) < 4.78 is 23.6. The largest absolute Gasteiger partial charge is 0.479 e. The second-order valence-electron chi connectivity index (χ2n) is 3.03. The minimum absolute atomic E-state index is 0.179. The van der Waals surface area contributed by atoms with E-state index in [0.717, 1.165) is 6.33 Å². The summed E-state index contributed by atoms with van der Waals surface area (Å²) in [7, 11) is 1.31. The number of rotatable bonds is 3. The van der Waals surface area contributed by atoms with Gasteiger partial charge >= 0.3 is 0 Å². The van der Waals surface area contributed by atoms with Crippen LogP contribution in [-0.2, 0) is 0 Å². The fourth-order valence-electron chi connectivity index (χ4n) is 1.18. The van der Waals surface area contributed by atoms with E-state index < -0.39 is 5.82 Å². The molecular weight excluding hydrogens is 247 g/mol. The average molecular weight is 255 g/mol. The zero-order chi connectivity index (χ0) is 12.3. The Balaban J connectivity index is 2.34. The van der Waals surface area contributed by atoms with Gasteiger partial charge in [0.15, 0.2) is 0 Å². The molecule has 0 aliphatic carbocycles. The number of nitrogens with zero attached hydrogens (tertiary/aromatic N) is 2. The van der Waals surface area contributed by atoms with Gasteiger partial charge in [0.1, 0.15) is 12.1 Å². The molecule has 2 rings (SSSR count). The van der Waals surface area contributed by atoms with Gasteiger partial charge in [0.25, 0.3) is 11.8 Å². The molecule has 0 spiro atoms. The number of aromatic nitrogens is 2. The Bertz CT molecular complexity index is 537. The first-order chi connectivity index (χ1) is 8.22. The SMILES string of the molecule is COc1ncnc(Oc2ccccc2Cl)c1F. The lowest BCUT2D eigenvalue weighted by atomic mass is 10.3. The van der Waals surface area contributed by atoms with Crippen LogP contribution >= 0.6 is 11.6 Å². The monoisotopic (exact) mass is 254 g/mol. The standard InChI is InChI=1S/C11H8ClFN2O2/c1-16-10-9(13)11(15-6-14-10)17-8-5-3-2-4-7(8)12/h2-6H,1H3. The highest BCUT2D eigenvalue weighted by molar-refractivity contribution is 6.32. The minimum Gasteiger partial charge on any atom is -0.479 e. The van der Waals surface area contributed by atoms with Crippen molar-refractivity contribution >= 4 is 11.6 Å². The van der Waals surface area contributed by atoms with Gasteiger partial charge in [-0.05, 0) is 12.1 Å². The molecule has 1 aromatic carbocycles. The molecule has 0 aliphatic heterocycles. The normalized spacial score (nSPS) is 10.1. The van der Waals surface area contributed by atoms with E-state index in [0.29, 0.717) is 10.8 Å². The zero-order valence-corrected chi connectivity index (χ0v) is 9.61. The van der Waals surface area contributed by atoms with Crippen molar-refractivity contribution in [2.45, 2.75) is 0 Å². The van der Waals surface area contributed by atoms with Crippen LogP contribution in [0.4, 0.5) is 4.39 Å². The van der Waals surface area contributed by atoms with Gasteiger partial charge in [-0.25, -0.2) is 0 Å². The average Bonchev–Trinajstić information content (AvgIpc) is 2.34. The Morgan fingerprint density at radius 1 is 1.18 bits per heavy atom. The Morgan fingerprint density at radius 3 is 2.59 bits per heavy atom. The highest BCUT2D eigenvalue weighted by atomic mass is 35.5. The molecule has 0 atom stereocenters. The second-order valence-corrected chi connectivity index (χ2v) is 3.44. The lowest BCUT2D eigenvalue weighted by Gasteiger charge is -2.08. The molecule has 17 heavy (non-hydrogen) atoms. The molecule has 0 bridgehead atoms. The van der Waals surface area contributed by atoms with Crippen LogP contribution in [-0.4, -0.2) is 17.1 Å². The van der Waals surface area contributed by atoms with Gasteiger partial charge in [-0.3, -0.25) is 0 Å². The predicted molar refractivity (Wildman–Crippen MR) is 60.1 cm³/mol. The van der Waals surface area contributed by atoms with Gasteiger partial charge in [0.05, 0.1) is 12.1 Å². The Kier molecular flexibility index (Phi) is 3.39. The summed E-state index contributed by atoms with van der Waals surface area (Å²) in [5.41, 5.74) is 0. The van der Waals surface area contributed by atoms with Crippen molar-refractivity contribution in [3.63, 3.8) is 0 Å². The van der Waals surface area contributed by atoms with Crippen molar-refractivity contribution in [1.82, 2.24) is 9.97 Å². The van der Waals surface area contributed by atoms with Gasteiger partial charge in [-0.2, -0.15) is 14.4 Å². The summed E-state index contributed by atoms with van der Waals surface area (Å²) in [5, 5.41) is 0.365. The van der Waals surface area contributed by atoms with Crippen molar-refractivity contribution in [3.05, 3.63) is 41.4 Å². The van der Waals surface area contributed by atoms with Crippen LogP contribution in [0.15, 0.2) is 30.6 Å². The summed E-state index contributed by atoms with van der Waals surface area (Å²) >= 11 is 5.88. The molecule has 0 aliphatic rings. The predicted octanol–water partition coefficient (Wildman–Crippen LogP) is 3.07. The third kappa shape index (κ3) is 2.45. The van der Waals surface area contributed by atoms with Gasteiger partial charge in [0, 0.05) is 0 Å². The van der Waals surface area contributed by atoms with Crippen molar-refractivity contribution in [2.24, 2.45) is 0 Å². The van der Waals surface area contributed by atoms with E-state index in [4.69, 9.17) is 21.1 Å². The van der Waals surface area contributed by atoms with Gasteiger partial charge in [-0.1, -0.05) is 23.7 Å².